The molecular formula is C14H22O6. The van der Waals surface area contributed by atoms with Crippen LogP contribution in [0.2, 0.25) is 0 Å². The van der Waals surface area contributed by atoms with Crippen molar-refractivity contribution in [2.45, 2.75) is 50.7 Å². The standard InChI is InChI=1S/C14H22O6/c15-13(19-9-11-3-1-7-17-11)5-6-14(16)20-10-12-4-2-8-18-12/h11-12H,1-10H2/t11-,12-/m1/s1. The maximum atomic E-state index is 11.5. The van der Waals surface area contributed by atoms with Gasteiger partial charge in [0, 0.05) is 13.2 Å². The van der Waals surface area contributed by atoms with E-state index in [1.807, 2.05) is 0 Å². The molecule has 0 saturated carbocycles. The number of carbonyl (C=O) groups is 2. The van der Waals surface area contributed by atoms with Gasteiger partial charge in [0.1, 0.15) is 13.2 Å². The smallest absolute Gasteiger partial charge is 0.306 e. The van der Waals surface area contributed by atoms with Gasteiger partial charge in [-0.15, -0.1) is 0 Å². The van der Waals surface area contributed by atoms with E-state index in [1.54, 1.807) is 0 Å². The lowest BCUT2D eigenvalue weighted by Gasteiger charge is -2.11. The Kier molecular flexibility index (Phi) is 6.26. The van der Waals surface area contributed by atoms with Crippen LogP contribution in [0.4, 0.5) is 0 Å². The van der Waals surface area contributed by atoms with E-state index in [2.05, 4.69) is 0 Å². The summed E-state index contributed by atoms with van der Waals surface area (Å²) in [7, 11) is 0. The summed E-state index contributed by atoms with van der Waals surface area (Å²) in [5.41, 5.74) is 0. The normalized spacial score (nSPS) is 25.6. The highest BCUT2D eigenvalue weighted by Crippen LogP contribution is 2.13. The Hall–Kier alpha value is -1.14. The van der Waals surface area contributed by atoms with Crippen molar-refractivity contribution < 1.29 is 28.5 Å². The Labute approximate surface area is 118 Å². The lowest BCUT2D eigenvalue weighted by atomic mass is 10.2. The first kappa shape index (κ1) is 15.3. The number of rotatable bonds is 7. The second-order valence-electron chi connectivity index (χ2n) is 5.14. The van der Waals surface area contributed by atoms with Gasteiger partial charge in [0.25, 0.3) is 0 Å². The zero-order valence-corrected chi connectivity index (χ0v) is 11.7. The van der Waals surface area contributed by atoms with Gasteiger partial charge < -0.3 is 18.9 Å². The predicted octanol–water partition coefficient (Wildman–Crippen LogP) is 1.21. The molecular weight excluding hydrogens is 264 g/mol. The molecule has 0 aromatic rings. The molecule has 2 heterocycles. The molecule has 0 aliphatic carbocycles. The fourth-order valence-corrected chi connectivity index (χ4v) is 2.27. The molecule has 2 saturated heterocycles. The van der Waals surface area contributed by atoms with E-state index in [0.717, 1.165) is 38.9 Å². The molecule has 0 amide bonds. The number of hydrogen-bond donors (Lipinski definition) is 0. The van der Waals surface area contributed by atoms with Crippen molar-refractivity contribution in [3.8, 4) is 0 Å². The van der Waals surface area contributed by atoms with E-state index in [0.29, 0.717) is 0 Å². The topological polar surface area (TPSA) is 71.1 Å². The van der Waals surface area contributed by atoms with Crippen LogP contribution >= 0.6 is 0 Å². The Balaban J connectivity index is 1.49. The van der Waals surface area contributed by atoms with Gasteiger partial charge >= 0.3 is 11.9 Å². The van der Waals surface area contributed by atoms with Crippen molar-refractivity contribution in [1.29, 1.82) is 0 Å². The molecule has 0 N–H and O–H groups in total. The van der Waals surface area contributed by atoms with E-state index >= 15 is 0 Å². The molecule has 0 aromatic heterocycles. The minimum atomic E-state index is -0.380. The van der Waals surface area contributed by atoms with Crippen molar-refractivity contribution >= 4 is 11.9 Å². The minimum absolute atomic E-state index is 0.0189. The van der Waals surface area contributed by atoms with E-state index in [4.69, 9.17) is 18.9 Å². The van der Waals surface area contributed by atoms with E-state index in [-0.39, 0.29) is 50.2 Å². The second kappa shape index (κ2) is 8.21. The first-order valence-electron chi connectivity index (χ1n) is 7.28. The van der Waals surface area contributed by atoms with Gasteiger partial charge in [-0.25, -0.2) is 0 Å². The van der Waals surface area contributed by atoms with Crippen LogP contribution in [-0.2, 0) is 28.5 Å². The Morgan fingerprint density at radius 2 is 1.30 bits per heavy atom. The molecule has 6 nitrogen and oxygen atoms in total. The molecule has 0 unspecified atom stereocenters. The highest BCUT2D eigenvalue weighted by atomic mass is 16.6. The molecule has 114 valence electrons. The Morgan fingerprint density at radius 3 is 1.65 bits per heavy atom. The predicted molar refractivity (Wildman–Crippen MR) is 69.1 cm³/mol. The van der Waals surface area contributed by atoms with Gasteiger partial charge in [-0.2, -0.15) is 0 Å². The number of hydrogen-bond acceptors (Lipinski definition) is 6. The van der Waals surface area contributed by atoms with E-state index < -0.39 is 0 Å². The van der Waals surface area contributed by atoms with Crippen LogP contribution in [-0.4, -0.2) is 50.6 Å². The monoisotopic (exact) mass is 286 g/mol. The lowest BCUT2D eigenvalue weighted by molar-refractivity contribution is -0.153. The van der Waals surface area contributed by atoms with Crippen LogP contribution in [0.3, 0.4) is 0 Å². The molecule has 2 atom stereocenters. The summed E-state index contributed by atoms with van der Waals surface area (Å²) in [6.45, 7) is 2.03. The SMILES string of the molecule is O=C(CCC(=O)OC[C@H]1CCCO1)OC[C@H]1CCCO1. The van der Waals surface area contributed by atoms with Crippen molar-refractivity contribution in [1.82, 2.24) is 0 Å². The number of esters is 2. The molecule has 2 rings (SSSR count). The molecule has 0 aromatic carbocycles. The first-order chi connectivity index (χ1) is 9.74. The molecule has 0 bridgehead atoms. The highest BCUT2D eigenvalue weighted by molar-refractivity contribution is 5.77. The van der Waals surface area contributed by atoms with Crippen LogP contribution in [0.25, 0.3) is 0 Å². The first-order valence-corrected chi connectivity index (χ1v) is 7.28. The molecule has 2 aliphatic heterocycles. The summed E-state index contributed by atoms with van der Waals surface area (Å²) < 4.78 is 20.8. The third kappa shape index (κ3) is 5.46. The third-order valence-electron chi connectivity index (χ3n) is 3.44. The van der Waals surface area contributed by atoms with Crippen LogP contribution in [0.5, 0.6) is 0 Å². The molecule has 20 heavy (non-hydrogen) atoms. The average Bonchev–Trinajstić information content (AvgIpc) is 3.13. The van der Waals surface area contributed by atoms with Gasteiger partial charge in [0.2, 0.25) is 0 Å². The van der Waals surface area contributed by atoms with E-state index in [1.165, 1.54) is 0 Å². The minimum Gasteiger partial charge on any atom is -0.463 e. The fraction of sp³-hybridized carbons (Fsp3) is 0.857. The van der Waals surface area contributed by atoms with Gasteiger partial charge in [0.15, 0.2) is 0 Å². The molecule has 2 aliphatic rings. The number of ether oxygens (including phenoxy) is 4. The fourth-order valence-electron chi connectivity index (χ4n) is 2.27. The summed E-state index contributed by atoms with van der Waals surface area (Å²) in [6.07, 6.45) is 4.02. The van der Waals surface area contributed by atoms with Gasteiger partial charge in [-0.05, 0) is 25.7 Å². The molecule has 0 radical (unpaired) electrons. The van der Waals surface area contributed by atoms with Crippen LogP contribution in [0.1, 0.15) is 38.5 Å². The maximum Gasteiger partial charge on any atom is 0.306 e. The van der Waals surface area contributed by atoms with Gasteiger partial charge in [0.05, 0.1) is 25.0 Å². The van der Waals surface area contributed by atoms with Crippen LogP contribution in [0, 0.1) is 0 Å². The van der Waals surface area contributed by atoms with Crippen molar-refractivity contribution in [3.63, 3.8) is 0 Å². The third-order valence-corrected chi connectivity index (χ3v) is 3.44. The summed E-state index contributed by atoms with van der Waals surface area (Å²) in [6, 6.07) is 0. The van der Waals surface area contributed by atoms with E-state index in [9.17, 15) is 9.59 Å². The summed E-state index contributed by atoms with van der Waals surface area (Å²) >= 11 is 0. The Bertz CT molecular complexity index is 286. The van der Waals surface area contributed by atoms with Gasteiger partial charge in [-0.1, -0.05) is 0 Å². The summed E-state index contributed by atoms with van der Waals surface area (Å²) in [5, 5.41) is 0. The van der Waals surface area contributed by atoms with Crippen LogP contribution in [0.15, 0.2) is 0 Å². The van der Waals surface area contributed by atoms with Crippen molar-refractivity contribution in [2.24, 2.45) is 0 Å². The van der Waals surface area contributed by atoms with Crippen molar-refractivity contribution in [2.75, 3.05) is 26.4 Å². The summed E-state index contributed by atoms with van der Waals surface area (Å²) in [4.78, 5) is 22.9. The second-order valence-corrected chi connectivity index (χ2v) is 5.14. The average molecular weight is 286 g/mol. The molecule has 2 fully saturated rings. The highest BCUT2D eigenvalue weighted by Gasteiger charge is 2.19. The molecule has 0 spiro atoms. The zero-order valence-electron chi connectivity index (χ0n) is 11.7. The van der Waals surface area contributed by atoms with Crippen molar-refractivity contribution in [3.05, 3.63) is 0 Å². The summed E-state index contributed by atoms with van der Waals surface area (Å²) in [5.74, 6) is -0.760. The molecule has 6 heteroatoms. The van der Waals surface area contributed by atoms with Crippen LogP contribution < -0.4 is 0 Å². The van der Waals surface area contributed by atoms with Gasteiger partial charge in [-0.3, -0.25) is 9.59 Å². The lowest BCUT2D eigenvalue weighted by Crippen LogP contribution is -2.20. The zero-order chi connectivity index (χ0) is 14.2. The Morgan fingerprint density at radius 1 is 0.850 bits per heavy atom. The maximum absolute atomic E-state index is 11.5. The quantitative estimate of drug-likeness (QED) is 0.655. The number of carbonyl (C=O) groups excluding carboxylic acids is 2. The largest absolute Gasteiger partial charge is 0.463 e.